The van der Waals surface area contributed by atoms with E-state index >= 15 is 0 Å². The first-order valence-corrected chi connectivity index (χ1v) is 11.3. The predicted molar refractivity (Wildman–Crippen MR) is 132 cm³/mol. The number of carbonyl (C=O) groups is 1. The lowest BCUT2D eigenvalue weighted by Crippen LogP contribution is -2.35. The summed E-state index contributed by atoms with van der Waals surface area (Å²) in [5.74, 6) is -0.0594. The van der Waals surface area contributed by atoms with Crippen molar-refractivity contribution in [3.05, 3.63) is 98.7 Å². The van der Waals surface area contributed by atoms with Crippen molar-refractivity contribution in [1.29, 1.82) is 0 Å². The third-order valence-electron chi connectivity index (χ3n) is 6.13. The highest BCUT2D eigenvalue weighted by atomic mass is 35.5. The molecule has 1 N–H and O–H groups in total. The maximum Gasteiger partial charge on any atom is 0.276 e. The molecule has 0 radical (unpaired) electrons. The van der Waals surface area contributed by atoms with Crippen molar-refractivity contribution in [2.24, 2.45) is 0 Å². The van der Waals surface area contributed by atoms with Crippen molar-refractivity contribution >= 4 is 28.3 Å². The Labute approximate surface area is 197 Å². The lowest BCUT2D eigenvalue weighted by atomic mass is 10.0. The van der Waals surface area contributed by atoms with Crippen LogP contribution in [0, 0.1) is 13.8 Å². The summed E-state index contributed by atoms with van der Waals surface area (Å²) in [4.78, 5) is 25.7. The van der Waals surface area contributed by atoms with Crippen LogP contribution in [0.15, 0.2) is 65.6 Å². The number of aromatic nitrogens is 3. The van der Waals surface area contributed by atoms with Crippen LogP contribution in [0.2, 0.25) is 5.02 Å². The van der Waals surface area contributed by atoms with E-state index in [1.165, 1.54) is 4.68 Å². The zero-order valence-corrected chi connectivity index (χ0v) is 19.8. The fourth-order valence-corrected chi connectivity index (χ4v) is 4.25. The number of rotatable bonds is 7. The standard InChI is InChI=1S/C26H27ClN4O2/c1-17(21-7-5-4-6-8-21)13-28-24(32)16-31-26(33)25-19(3)30(18(2)23(25)14-29-31)15-20-9-11-22(27)12-10-20/h4-12,14,17H,13,15-16H2,1-3H3,(H,28,32)/t17-/m1/s1. The molecule has 2 aromatic heterocycles. The molecule has 2 heterocycles. The predicted octanol–water partition coefficient (Wildman–Crippen LogP) is 4.44. The van der Waals surface area contributed by atoms with E-state index in [1.54, 1.807) is 6.20 Å². The normalized spacial score (nSPS) is 12.1. The molecule has 0 saturated heterocycles. The lowest BCUT2D eigenvalue weighted by Gasteiger charge is -2.13. The van der Waals surface area contributed by atoms with Gasteiger partial charge in [0.05, 0.1) is 11.6 Å². The van der Waals surface area contributed by atoms with Gasteiger partial charge < -0.3 is 9.88 Å². The zero-order chi connectivity index (χ0) is 23.5. The minimum atomic E-state index is -0.255. The van der Waals surface area contributed by atoms with E-state index in [9.17, 15) is 9.59 Å². The third-order valence-corrected chi connectivity index (χ3v) is 6.38. The van der Waals surface area contributed by atoms with Gasteiger partial charge in [0, 0.05) is 34.9 Å². The monoisotopic (exact) mass is 462 g/mol. The summed E-state index contributed by atoms with van der Waals surface area (Å²) < 4.78 is 3.34. The summed E-state index contributed by atoms with van der Waals surface area (Å²) in [5, 5.41) is 9.29. The first-order chi connectivity index (χ1) is 15.8. The van der Waals surface area contributed by atoms with Crippen molar-refractivity contribution in [3.63, 3.8) is 0 Å². The van der Waals surface area contributed by atoms with Gasteiger partial charge in [0.1, 0.15) is 6.54 Å². The average Bonchev–Trinajstić information content (AvgIpc) is 3.06. The molecular formula is C26H27ClN4O2. The van der Waals surface area contributed by atoms with E-state index in [4.69, 9.17) is 11.6 Å². The zero-order valence-electron chi connectivity index (χ0n) is 19.0. The van der Waals surface area contributed by atoms with Gasteiger partial charge >= 0.3 is 0 Å². The number of nitrogens with zero attached hydrogens (tertiary/aromatic N) is 3. The second kappa shape index (κ2) is 9.63. The minimum Gasteiger partial charge on any atom is -0.354 e. The summed E-state index contributed by atoms with van der Waals surface area (Å²) in [6.07, 6.45) is 1.68. The Morgan fingerprint density at radius 2 is 1.76 bits per heavy atom. The molecule has 170 valence electrons. The molecule has 0 unspecified atom stereocenters. The molecule has 0 aliphatic heterocycles. The Bertz CT molecular complexity index is 1340. The quantitative estimate of drug-likeness (QED) is 0.441. The summed E-state index contributed by atoms with van der Waals surface area (Å²) in [6, 6.07) is 17.7. The maximum atomic E-state index is 13.2. The smallest absolute Gasteiger partial charge is 0.276 e. The van der Waals surface area contributed by atoms with Crippen LogP contribution in [-0.2, 0) is 17.9 Å². The number of benzene rings is 2. The highest BCUT2D eigenvalue weighted by Gasteiger charge is 2.18. The van der Waals surface area contributed by atoms with Gasteiger partial charge in [-0.05, 0) is 43.0 Å². The summed E-state index contributed by atoms with van der Waals surface area (Å²) in [6.45, 7) is 6.97. The minimum absolute atomic E-state index is 0.114. The molecule has 4 rings (SSSR count). The Kier molecular flexibility index (Phi) is 6.65. The second-order valence-electron chi connectivity index (χ2n) is 8.40. The van der Waals surface area contributed by atoms with E-state index in [0.29, 0.717) is 23.5 Å². The second-order valence-corrected chi connectivity index (χ2v) is 8.83. The van der Waals surface area contributed by atoms with Crippen molar-refractivity contribution in [2.75, 3.05) is 6.54 Å². The van der Waals surface area contributed by atoms with Gasteiger partial charge in [-0.2, -0.15) is 5.10 Å². The van der Waals surface area contributed by atoms with Gasteiger partial charge in [-0.3, -0.25) is 9.59 Å². The number of hydrogen-bond donors (Lipinski definition) is 1. The molecule has 2 aromatic carbocycles. The van der Waals surface area contributed by atoms with Crippen molar-refractivity contribution in [2.45, 2.75) is 39.8 Å². The number of carbonyl (C=O) groups excluding carboxylic acids is 1. The first kappa shape index (κ1) is 22.8. The Morgan fingerprint density at radius 1 is 1.06 bits per heavy atom. The van der Waals surface area contributed by atoms with Crippen LogP contribution in [0.4, 0.5) is 0 Å². The lowest BCUT2D eigenvalue weighted by molar-refractivity contribution is -0.121. The molecule has 0 fully saturated rings. The van der Waals surface area contributed by atoms with Gasteiger partial charge in [0.25, 0.3) is 5.56 Å². The van der Waals surface area contributed by atoms with Crippen LogP contribution >= 0.6 is 11.6 Å². The van der Waals surface area contributed by atoms with Crippen molar-refractivity contribution in [3.8, 4) is 0 Å². The van der Waals surface area contributed by atoms with Gasteiger partial charge in [-0.15, -0.1) is 0 Å². The number of fused-ring (bicyclic) bond motifs is 1. The first-order valence-electron chi connectivity index (χ1n) is 11.0. The topological polar surface area (TPSA) is 68.9 Å². The SMILES string of the molecule is Cc1c2cnn(CC(=O)NC[C@@H](C)c3ccccc3)c(=O)c2c(C)n1Cc1ccc(Cl)cc1. The number of nitrogens with one attached hydrogen (secondary N) is 1. The van der Waals surface area contributed by atoms with Crippen molar-refractivity contribution < 1.29 is 4.79 Å². The summed E-state index contributed by atoms with van der Waals surface area (Å²) in [5.41, 5.74) is 3.81. The van der Waals surface area contributed by atoms with Gasteiger partial charge in [-0.1, -0.05) is 61.0 Å². The van der Waals surface area contributed by atoms with E-state index in [-0.39, 0.29) is 23.9 Å². The maximum absolute atomic E-state index is 13.2. The van der Waals surface area contributed by atoms with Crippen LogP contribution in [0.5, 0.6) is 0 Å². The number of halogens is 1. The molecular weight excluding hydrogens is 436 g/mol. The Morgan fingerprint density at radius 3 is 2.45 bits per heavy atom. The van der Waals surface area contributed by atoms with E-state index in [2.05, 4.69) is 21.9 Å². The van der Waals surface area contributed by atoms with Gasteiger partial charge in [-0.25, -0.2) is 4.68 Å². The third kappa shape index (κ3) is 4.86. The van der Waals surface area contributed by atoms with Crippen LogP contribution in [0.3, 0.4) is 0 Å². The highest BCUT2D eigenvalue weighted by Crippen LogP contribution is 2.23. The summed E-state index contributed by atoms with van der Waals surface area (Å²) in [7, 11) is 0. The largest absolute Gasteiger partial charge is 0.354 e. The molecule has 0 aliphatic rings. The van der Waals surface area contributed by atoms with E-state index < -0.39 is 0 Å². The van der Waals surface area contributed by atoms with Gasteiger partial charge in [0.2, 0.25) is 5.91 Å². The van der Waals surface area contributed by atoms with Crippen LogP contribution in [0.25, 0.3) is 10.8 Å². The number of amides is 1. The molecule has 1 atom stereocenters. The molecule has 7 heteroatoms. The molecule has 1 amide bonds. The molecule has 33 heavy (non-hydrogen) atoms. The molecule has 0 aliphatic carbocycles. The van der Waals surface area contributed by atoms with Gasteiger partial charge in [0.15, 0.2) is 0 Å². The fourth-order valence-electron chi connectivity index (χ4n) is 4.13. The Balaban J connectivity index is 1.52. The van der Waals surface area contributed by atoms with Crippen LogP contribution < -0.4 is 10.9 Å². The molecule has 6 nitrogen and oxygen atoms in total. The van der Waals surface area contributed by atoms with E-state index in [0.717, 1.165) is 27.9 Å². The molecule has 0 bridgehead atoms. The molecule has 0 spiro atoms. The molecule has 0 saturated carbocycles. The average molecular weight is 463 g/mol. The fraction of sp³-hybridized carbons (Fsp3) is 0.269. The number of hydrogen-bond acceptors (Lipinski definition) is 3. The van der Waals surface area contributed by atoms with E-state index in [1.807, 2.05) is 68.4 Å². The Hall–Kier alpha value is -3.38. The van der Waals surface area contributed by atoms with Crippen molar-refractivity contribution in [1.82, 2.24) is 19.7 Å². The van der Waals surface area contributed by atoms with Crippen LogP contribution in [-0.4, -0.2) is 26.8 Å². The number of aryl methyl sites for hydroxylation is 2. The summed E-state index contributed by atoms with van der Waals surface area (Å²) >= 11 is 6.00. The van der Waals surface area contributed by atoms with Crippen LogP contribution in [0.1, 0.15) is 35.4 Å². The molecule has 4 aromatic rings. The highest BCUT2D eigenvalue weighted by molar-refractivity contribution is 6.30.